The highest BCUT2D eigenvalue weighted by molar-refractivity contribution is 8.76. The van der Waals surface area contributed by atoms with E-state index in [1.165, 1.54) is 61.2 Å². The smallest absolute Gasteiger partial charge is 0.0162 e. The SMILES string of the molecule is NC(CCCCCNCCSSCCNCCCCCC(N)Cc1ccccc1)Cc1ccccc1. The molecule has 202 valence electrons. The molecule has 0 aliphatic heterocycles. The fraction of sp³-hybridized carbons (Fsp3) is 0.600. The molecule has 0 saturated heterocycles. The lowest BCUT2D eigenvalue weighted by Crippen LogP contribution is -2.23. The Kier molecular flexibility index (Phi) is 19.1. The zero-order valence-electron chi connectivity index (χ0n) is 22.2. The molecule has 6 N–H and O–H groups in total. The summed E-state index contributed by atoms with van der Waals surface area (Å²) in [5, 5.41) is 7.15. The molecular weight excluding hydrogens is 480 g/mol. The average Bonchev–Trinajstić information content (AvgIpc) is 2.89. The summed E-state index contributed by atoms with van der Waals surface area (Å²) in [5.74, 6) is 2.35. The van der Waals surface area contributed by atoms with Crippen molar-refractivity contribution in [2.75, 3.05) is 37.7 Å². The lowest BCUT2D eigenvalue weighted by molar-refractivity contribution is 0.538. The van der Waals surface area contributed by atoms with Gasteiger partial charge in [0.2, 0.25) is 0 Å². The molecule has 0 bridgehead atoms. The molecule has 2 unspecified atom stereocenters. The molecule has 2 aromatic rings. The summed E-state index contributed by atoms with van der Waals surface area (Å²) in [6, 6.07) is 21.8. The van der Waals surface area contributed by atoms with E-state index < -0.39 is 0 Å². The molecule has 6 heteroatoms. The van der Waals surface area contributed by atoms with E-state index in [1.54, 1.807) is 0 Å². The van der Waals surface area contributed by atoms with Gasteiger partial charge in [0.1, 0.15) is 0 Å². The van der Waals surface area contributed by atoms with Crippen molar-refractivity contribution in [3.8, 4) is 0 Å². The predicted octanol–water partition coefficient (Wildman–Crippen LogP) is 5.81. The molecule has 2 atom stereocenters. The van der Waals surface area contributed by atoms with Crippen LogP contribution in [0.2, 0.25) is 0 Å². The third-order valence-corrected chi connectivity index (χ3v) is 8.75. The van der Waals surface area contributed by atoms with E-state index in [4.69, 9.17) is 11.5 Å². The first-order chi connectivity index (χ1) is 17.7. The van der Waals surface area contributed by atoms with Crippen molar-refractivity contribution in [1.29, 1.82) is 0 Å². The molecule has 0 aliphatic rings. The van der Waals surface area contributed by atoms with Crippen LogP contribution in [0.15, 0.2) is 60.7 Å². The highest BCUT2D eigenvalue weighted by Gasteiger charge is 2.04. The number of hydrogen-bond acceptors (Lipinski definition) is 6. The Bertz CT molecular complexity index is 669. The highest BCUT2D eigenvalue weighted by atomic mass is 33.1. The first-order valence-corrected chi connectivity index (χ1v) is 16.5. The van der Waals surface area contributed by atoms with Crippen molar-refractivity contribution in [2.24, 2.45) is 11.5 Å². The fourth-order valence-electron chi connectivity index (χ4n) is 4.30. The largest absolute Gasteiger partial charge is 0.327 e. The van der Waals surface area contributed by atoms with Crippen molar-refractivity contribution in [3.05, 3.63) is 71.8 Å². The average molecular weight is 531 g/mol. The van der Waals surface area contributed by atoms with Crippen LogP contribution in [0.4, 0.5) is 0 Å². The second-order valence-corrected chi connectivity index (χ2v) is 12.4. The third kappa shape index (κ3) is 17.4. The molecule has 0 radical (unpaired) electrons. The lowest BCUT2D eigenvalue weighted by Gasteiger charge is -2.11. The monoisotopic (exact) mass is 530 g/mol. The van der Waals surface area contributed by atoms with Gasteiger partial charge >= 0.3 is 0 Å². The molecule has 0 amide bonds. The van der Waals surface area contributed by atoms with Crippen LogP contribution < -0.4 is 22.1 Å². The second-order valence-electron chi connectivity index (χ2n) is 9.74. The van der Waals surface area contributed by atoms with Gasteiger partial charge in [0.05, 0.1) is 0 Å². The van der Waals surface area contributed by atoms with Crippen LogP contribution in [0.3, 0.4) is 0 Å². The fourth-order valence-corrected chi connectivity index (χ4v) is 6.20. The summed E-state index contributed by atoms with van der Waals surface area (Å²) in [6.45, 7) is 4.45. The number of unbranched alkanes of at least 4 members (excludes halogenated alkanes) is 4. The van der Waals surface area contributed by atoms with E-state index in [1.807, 2.05) is 21.6 Å². The van der Waals surface area contributed by atoms with E-state index in [9.17, 15) is 0 Å². The first kappa shape index (κ1) is 31.2. The molecule has 4 nitrogen and oxygen atoms in total. The Balaban J connectivity index is 1.24. The Morgan fingerprint density at radius 2 is 0.944 bits per heavy atom. The lowest BCUT2D eigenvalue weighted by atomic mass is 10.0. The van der Waals surface area contributed by atoms with Gasteiger partial charge in [0.25, 0.3) is 0 Å². The Labute approximate surface area is 228 Å². The number of nitrogens with two attached hydrogens (primary N) is 2. The summed E-state index contributed by atoms with van der Waals surface area (Å²) in [4.78, 5) is 0. The van der Waals surface area contributed by atoms with Crippen molar-refractivity contribution < 1.29 is 0 Å². The van der Waals surface area contributed by atoms with Crippen LogP contribution in [-0.2, 0) is 12.8 Å². The van der Waals surface area contributed by atoms with Gasteiger partial charge in [0.15, 0.2) is 0 Å². The topological polar surface area (TPSA) is 76.1 Å². The summed E-state index contributed by atoms with van der Waals surface area (Å²) >= 11 is 0. The normalized spacial score (nSPS) is 13.1. The number of rotatable bonds is 23. The summed E-state index contributed by atoms with van der Waals surface area (Å²) in [6.07, 6.45) is 11.7. The van der Waals surface area contributed by atoms with Crippen LogP contribution >= 0.6 is 21.6 Å². The van der Waals surface area contributed by atoms with Crippen LogP contribution in [0, 0.1) is 0 Å². The third-order valence-electron chi connectivity index (χ3n) is 6.35. The minimum Gasteiger partial charge on any atom is -0.327 e. The molecule has 2 aromatic carbocycles. The maximum atomic E-state index is 6.27. The van der Waals surface area contributed by atoms with Gasteiger partial charge in [-0.1, -0.05) is 108 Å². The zero-order valence-corrected chi connectivity index (χ0v) is 23.8. The van der Waals surface area contributed by atoms with E-state index in [2.05, 4.69) is 71.3 Å². The molecule has 0 aromatic heterocycles. The summed E-state index contributed by atoms with van der Waals surface area (Å²) < 4.78 is 0. The highest BCUT2D eigenvalue weighted by Crippen LogP contribution is 2.19. The second kappa shape index (κ2) is 22.0. The van der Waals surface area contributed by atoms with E-state index >= 15 is 0 Å². The standard InChI is InChI=1S/C30H50N4S2/c31-29(25-27-13-5-1-6-14-27)17-9-3-11-19-33-21-23-35-36-24-22-34-20-12-4-10-18-30(32)26-28-15-7-2-8-16-28/h1-2,5-8,13-16,29-30,33-34H,3-4,9-12,17-26,31-32H2. The van der Waals surface area contributed by atoms with Crippen LogP contribution in [0.25, 0.3) is 0 Å². The van der Waals surface area contributed by atoms with Crippen molar-refractivity contribution in [3.63, 3.8) is 0 Å². The van der Waals surface area contributed by atoms with Crippen LogP contribution in [-0.4, -0.2) is 49.8 Å². The van der Waals surface area contributed by atoms with Crippen LogP contribution in [0.1, 0.15) is 62.5 Å². The minimum atomic E-state index is 0.289. The maximum absolute atomic E-state index is 6.27. The van der Waals surface area contributed by atoms with Crippen molar-refractivity contribution in [1.82, 2.24) is 10.6 Å². The van der Waals surface area contributed by atoms with Gasteiger partial charge in [-0.05, 0) is 62.7 Å². The molecule has 0 fully saturated rings. The van der Waals surface area contributed by atoms with Gasteiger partial charge in [-0.3, -0.25) is 0 Å². The quantitative estimate of drug-likeness (QED) is 0.107. The first-order valence-electron chi connectivity index (χ1n) is 14.0. The predicted molar refractivity (Wildman–Crippen MR) is 164 cm³/mol. The van der Waals surface area contributed by atoms with Gasteiger partial charge < -0.3 is 22.1 Å². The minimum absolute atomic E-state index is 0.289. The molecule has 2 rings (SSSR count). The Hall–Kier alpha value is -1.02. The number of nitrogens with one attached hydrogen (secondary N) is 2. The summed E-state index contributed by atoms with van der Waals surface area (Å²) in [7, 11) is 3.97. The van der Waals surface area contributed by atoms with E-state index in [0.717, 1.165) is 51.9 Å². The Morgan fingerprint density at radius 1 is 0.528 bits per heavy atom. The molecule has 0 spiro atoms. The van der Waals surface area contributed by atoms with Crippen molar-refractivity contribution >= 4 is 21.6 Å². The van der Waals surface area contributed by atoms with Crippen molar-refractivity contribution in [2.45, 2.75) is 76.3 Å². The van der Waals surface area contributed by atoms with Crippen LogP contribution in [0.5, 0.6) is 0 Å². The van der Waals surface area contributed by atoms with E-state index in [0.29, 0.717) is 0 Å². The Morgan fingerprint density at radius 3 is 1.36 bits per heavy atom. The maximum Gasteiger partial charge on any atom is 0.0162 e. The zero-order chi connectivity index (χ0) is 25.5. The molecule has 36 heavy (non-hydrogen) atoms. The van der Waals surface area contributed by atoms with Gasteiger partial charge in [0, 0.05) is 36.7 Å². The molecule has 0 aliphatic carbocycles. The number of hydrogen-bond donors (Lipinski definition) is 4. The molecule has 0 heterocycles. The summed E-state index contributed by atoms with van der Waals surface area (Å²) in [5.41, 5.74) is 15.3. The van der Waals surface area contributed by atoms with Gasteiger partial charge in [-0.2, -0.15) is 0 Å². The van der Waals surface area contributed by atoms with E-state index in [-0.39, 0.29) is 12.1 Å². The molecule has 0 saturated carbocycles. The number of benzene rings is 2. The van der Waals surface area contributed by atoms with Gasteiger partial charge in [-0.25, -0.2) is 0 Å². The molecular formula is C30H50N4S2. The van der Waals surface area contributed by atoms with Gasteiger partial charge in [-0.15, -0.1) is 0 Å².